The number of pyridine rings is 1. The number of nitrogens with zero attached hydrogens (tertiary/aromatic N) is 1. The molecule has 0 atom stereocenters. The quantitative estimate of drug-likeness (QED) is 0.480. The predicted octanol–water partition coefficient (Wildman–Crippen LogP) is 4.04. The summed E-state index contributed by atoms with van der Waals surface area (Å²) in [5.74, 6) is 0.908. The van der Waals surface area contributed by atoms with Crippen molar-refractivity contribution in [2.75, 3.05) is 7.11 Å². The molecule has 0 N–H and O–H groups in total. The summed E-state index contributed by atoms with van der Waals surface area (Å²) in [6.07, 6.45) is 0. The Bertz CT molecular complexity index is 955. The van der Waals surface area contributed by atoms with Crippen molar-refractivity contribution in [2.24, 2.45) is 7.05 Å². The third-order valence-electron chi connectivity index (χ3n) is 3.82. The molecule has 0 bridgehead atoms. The van der Waals surface area contributed by atoms with Crippen molar-refractivity contribution in [2.45, 2.75) is 0 Å². The number of benzene rings is 2. The van der Waals surface area contributed by atoms with Crippen LogP contribution in [0.15, 0.2) is 48.5 Å². The van der Waals surface area contributed by atoms with Crippen molar-refractivity contribution < 1.29 is 9.30 Å². The van der Waals surface area contributed by atoms with Gasteiger partial charge in [0.1, 0.15) is 17.5 Å². The van der Waals surface area contributed by atoms with E-state index in [4.69, 9.17) is 4.74 Å². The van der Waals surface area contributed by atoms with Gasteiger partial charge in [0.25, 0.3) is 0 Å². The Kier molecular flexibility index (Phi) is 2.44. The van der Waals surface area contributed by atoms with Gasteiger partial charge < -0.3 is 4.74 Å². The number of rotatable bonds is 1. The summed E-state index contributed by atoms with van der Waals surface area (Å²) in [5, 5.41) is 2.54. The molecule has 0 amide bonds. The van der Waals surface area contributed by atoms with Crippen molar-refractivity contribution >= 4 is 42.5 Å². The van der Waals surface area contributed by atoms with E-state index in [9.17, 15) is 0 Å². The van der Waals surface area contributed by atoms with Crippen LogP contribution in [0.3, 0.4) is 0 Å². The van der Waals surface area contributed by atoms with Crippen LogP contribution in [0.1, 0.15) is 0 Å². The third-order valence-corrected chi connectivity index (χ3v) is 4.92. The maximum absolute atomic E-state index is 5.36. The number of para-hydroxylation sites is 1. The minimum atomic E-state index is 0.908. The Morgan fingerprint density at radius 3 is 2.70 bits per heavy atom. The minimum absolute atomic E-state index is 0.908. The molecule has 3 heteroatoms. The van der Waals surface area contributed by atoms with Gasteiger partial charge in [-0.2, -0.15) is 4.57 Å². The highest BCUT2D eigenvalue weighted by molar-refractivity contribution is 7.25. The van der Waals surface area contributed by atoms with Crippen LogP contribution in [0, 0.1) is 0 Å². The lowest BCUT2D eigenvalue weighted by Gasteiger charge is -2.00. The molecular formula is C17H14NOS+. The summed E-state index contributed by atoms with van der Waals surface area (Å²) in [6, 6.07) is 17.1. The number of aromatic nitrogens is 1. The molecule has 20 heavy (non-hydrogen) atoms. The van der Waals surface area contributed by atoms with Gasteiger partial charge in [0, 0.05) is 16.2 Å². The lowest BCUT2D eigenvalue weighted by molar-refractivity contribution is -0.616. The standard InChI is InChI=1S/C17H14NOS/c1-18-14-6-4-3-5-11(14)9-16-17(18)13-10-12(19-2)7-8-15(13)20-16/h3-10H,1-2H3/q+1. The smallest absolute Gasteiger partial charge is 0.231 e. The average Bonchev–Trinajstić information content (AvgIpc) is 2.84. The van der Waals surface area contributed by atoms with Crippen LogP contribution < -0.4 is 9.30 Å². The van der Waals surface area contributed by atoms with Gasteiger partial charge in [-0.3, -0.25) is 0 Å². The van der Waals surface area contributed by atoms with Crippen LogP contribution in [-0.4, -0.2) is 7.11 Å². The SMILES string of the molecule is COc1ccc2sc3cc4ccccc4[n+](C)c3c2c1. The van der Waals surface area contributed by atoms with Crippen LogP contribution in [0.5, 0.6) is 5.75 Å². The van der Waals surface area contributed by atoms with Crippen molar-refractivity contribution in [3.05, 3.63) is 48.5 Å². The van der Waals surface area contributed by atoms with Gasteiger partial charge in [0.2, 0.25) is 11.0 Å². The highest BCUT2D eigenvalue weighted by Crippen LogP contribution is 2.35. The Hall–Kier alpha value is -2.13. The second-order valence-corrected chi connectivity index (χ2v) is 6.02. The molecule has 0 aliphatic rings. The van der Waals surface area contributed by atoms with Crippen LogP contribution in [0.25, 0.3) is 31.2 Å². The Morgan fingerprint density at radius 2 is 1.85 bits per heavy atom. The highest BCUT2D eigenvalue weighted by atomic mass is 32.1. The third kappa shape index (κ3) is 1.53. The number of aryl methyl sites for hydroxylation is 1. The maximum Gasteiger partial charge on any atom is 0.231 e. The zero-order valence-corrected chi connectivity index (χ0v) is 12.2. The first-order valence-corrected chi connectivity index (χ1v) is 7.37. The predicted molar refractivity (Wildman–Crippen MR) is 84.6 cm³/mol. The normalized spacial score (nSPS) is 11.5. The molecule has 0 aliphatic carbocycles. The van der Waals surface area contributed by atoms with Gasteiger partial charge in [0.15, 0.2) is 0 Å². The summed E-state index contributed by atoms with van der Waals surface area (Å²) in [4.78, 5) is 0. The van der Waals surface area contributed by atoms with E-state index >= 15 is 0 Å². The topological polar surface area (TPSA) is 13.1 Å². The molecule has 2 nitrogen and oxygen atoms in total. The molecule has 0 spiro atoms. The lowest BCUT2D eigenvalue weighted by Crippen LogP contribution is -2.29. The molecule has 2 heterocycles. The largest absolute Gasteiger partial charge is 0.497 e. The van der Waals surface area contributed by atoms with Gasteiger partial charge in [0.05, 0.1) is 12.5 Å². The molecular weight excluding hydrogens is 266 g/mol. The van der Waals surface area contributed by atoms with E-state index in [-0.39, 0.29) is 0 Å². The fourth-order valence-corrected chi connectivity index (χ4v) is 4.00. The number of hydrogen-bond donors (Lipinski definition) is 0. The summed E-state index contributed by atoms with van der Waals surface area (Å²) in [6.45, 7) is 0. The van der Waals surface area contributed by atoms with Crippen molar-refractivity contribution in [1.82, 2.24) is 0 Å². The number of ether oxygens (including phenoxy) is 1. The molecule has 0 saturated heterocycles. The van der Waals surface area contributed by atoms with Crippen molar-refractivity contribution in [1.29, 1.82) is 0 Å². The second kappa shape index (κ2) is 4.18. The van der Waals surface area contributed by atoms with E-state index in [1.54, 1.807) is 7.11 Å². The number of fused-ring (bicyclic) bond motifs is 4. The van der Waals surface area contributed by atoms with E-state index in [2.05, 4.69) is 54.1 Å². The molecule has 4 rings (SSSR count). The Balaban J connectivity index is 2.24. The fourth-order valence-electron chi connectivity index (χ4n) is 2.83. The number of thiophene rings is 1. The van der Waals surface area contributed by atoms with Crippen molar-refractivity contribution in [3.8, 4) is 5.75 Å². The molecule has 2 aromatic carbocycles. The molecule has 0 fully saturated rings. The molecule has 0 saturated carbocycles. The van der Waals surface area contributed by atoms with Gasteiger partial charge in [-0.05, 0) is 30.3 Å². The lowest BCUT2D eigenvalue weighted by atomic mass is 10.1. The van der Waals surface area contributed by atoms with Crippen LogP contribution in [-0.2, 0) is 7.05 Å². The monoisotopic (exact) mass is 280 g/mol. The van der Waals surface area contributed by atoms with Gasteiger partial charge in [-0.15, -0.1) is 11.3 Å². The first-order chi connectivity index (χ1) is 9.78. The summed E-state index contributed by atoms with van der Waals surface area (Å²) < 4.78 is 10.3. The first-order valence-electron chi connectivity index (χ1n) is 6.56. The molecule has 0 radical (unpaired) electrons. The molecule has 0 unspecified atom stereocenters. The fraction of sp³-hybridized carbons (Fsp3) is 0.118. The molecule has 4 aromatic rings. The highest BCUT2D eigenvalue weighted by Gasteiger charge is 2.17. The van der Waals surface area contributed by atoms with Crippen molar-refractivity contribution in [3.63, 3.8) is 0 Å². The molecule has 98 valence electrons. The average molecular weight is 280 g/mol. The van der Waals surface area contributed by atoms with E-state index in [0.717, 1.165) is 5.75 Å². The number of methoxy groups -OCH3 is 1. The number of hydrogen-bond acceptors (Lipinski definition) is 2. The van der Waals surface area contributed by atoms with E-state index < -0.39 is 0 Å². The summed E-state index contributed by atoms with van der Waals surface area (Å²) in [5.41, 5.74) is 2.53. The Labute approximate surface area is 120 Å². The molecule has 0 aliphatic heterocycles. The van der Waals surface area contributed by atoms with Gasteiger partial charge >= 0.3 is 0 Å². The van der Waals surface area contributed by atoms with Gasteiger partial charge in [-0.1, -0.05) is 12.1 Å². The van der Waals surface area contributed by atoms with Gasteiger partial charge in [-0.25, -0.2) is 0 Å². The van der Waals surface area contributed by atoms with Crippen LogP contribution in [0.2, 0.25) is 0 Å². The summed E-state index contributed by atoms with van der Waals surface area (Å²) in [7, 11) is 3.85. The van der Waals surface area contributed by atoms with E-state index in [1.165, 1.54) is 31.2 Å². The Morgan fingerprint density at radius 1 is 1.00 bits per heavy atom. The van der Waals surface area contributed by atoms with E-state index in [1.807, 2.05) is 17.4 Å². The maximum atomic E-state index is 5.36. The summed E-state index contributed by atoms with van der Waals surface area (Å²) >= 11 is 1.83. The first kappa shape index (κ1) is 11.7. The van der Waals surface area contributed by atoms with Crippen LogP contribution in [0.4, 0.5) is 0 Å². The van der Waals surface area contributed by atoms with E-state index in [0.29, 0.717) is 0 Å². The minimum Gasteiger partial charge on any atom is -0.497 e. The zero-order chi connectivity index (χ0) is 13.7. The van der Waals surface area contributed by atoms with Crippen LogP contribution >= 0.6 is 11.3 Å². The molecule has 2 aromatic heterocycles. The zero-order valence-electron chi connectivity index (χ0n) is 11.4. The second-order valence-electron chi connectivity index (χ2n) is 4.94.